The van der Waals surface area contributed by atoms with E-state index in [1.807, 2.05) is 26.0 Å². The Labute approximate surface area is 197 Å². The monoisotopic (exact) mass is 528 g/mol. The zero-order valence-electron chi connectivity index (χ0n) is 17.7. The molecule has 1 amide bonds. The van der Waals surface area contributed by atoms with Crippen LogP contribution in [0.25, 0.3) is 0 Å². The van der Waals surface area contributed by atoms with Crippen molar-refractivity contribution in [3.05, 3.63) is 51.0 Å². The fourth-order valence-corrected chi connectivity index (χ4v) is 6.32. The SMILES string of the molecule is CCc1cc(Br)cc(C)c1NC(=O)[C@H]1CCCN(S(=O)(=O)c2ccc(OC)c(Cl)c2)C1. The van der Waals surface area contributed by atoms with Crippen molar-refractivity contribution in [2.24, 2.45) is 5.92 Å². The molecule has 0 saturated carbocycles. The van der Waals surface area contributed by atoms with E-state index in [4.69, 9.17) is 16.3 Å². The van der Waals surface area contributed by atoms with E-state index < -0.39 is 15.9 Å². The number of nitrogens with zero attached hydrogens (tertiary/aromatic N) is 1. The average molecular weight is 530 g/mol. The first kappa shape index (κ1) is 24.0. The number of nitrogens with one attached hydrogen (secondary N) is 1. The van der Waals surface area contributed by atoms with Crippen LogP contribution in [0.4, 0.5) is 5.69 Å². The van der Waals surface area contributed by atoms with E-state index in [1.54, 1.807) is 0 Å². The zero-order chi connectivity index (χ0) is 22.8. The van der Waals surface area contributed by atoms with Crippen molar-refractivity contribution >= 4 is 49.1 Å². The van der Waals surface area contributed by atoms with Crippen molar-refractivity contribution in [1.29, 1.82) is 0 Å². The van der Waals surface area contributed by atoms with E-state index in [1.165, 1.54) is 29.6 Å². The Morgan fingerprint density at radius 3 is 2.71 bits per heavy atom. The van der Waals surface area contributed by atoms with E-state index in [-0.39, 0.29) is 22.4 Å². The summed E-state index contributed by atoms with van der Waals surface area (Å²) < 4.78 is 33.7. The molecule has 0 radical (unpaired) electrons. The van der Waals surface area contributed by atoms with E-state index in [0.717, 1.165) is 27.7 Å². The third-order valence-electron chi connectivity index (χ3n) is 5.53. The van der Waals surface area contributed by atoms with E-state index in [2.05, 4.69) is 21.2 Å². The minimum absolute atomic E-state index is 0.0939. The smallest absolute Gasteiger partial charge is 0.243 e. The second-order valence-corrected chi connectivity index (χ2v) is 10.9. The molecule has 0 unspecified atom stereocenters. The van der Waals surface area contributed by atoms with Crippen LogP contribution < -0.4 is 10.1 Å². The second kappa shape index (κ2) is 9.90. The molecule has 168 valence electrons. The van der Waals surface area contributed by atoms with Crippen molar-refractivity contribution in [3.8, 4) is 5.75 Å². The first-order chi connectivity index (χ1) is 14.7. The van der Waals surface area contributed by atoms with Crippen LogP contribution in [0, 0.1) is 12.8 Å². The third-order valence-corrected chi connectivity index (χ3v) is 8.14. The van der Waals surface area contributed by atoms with E-state index >= 15 is 0 Å². The van der Waals surface area contributed by atoms with Gasteiger partial charge in [-0.05, 0) is 67.6 Å². The molecule has 1 atom stereocenters. The third kappa shape index (κ3) is 5.25. The number of anilines is 1. The molecule has 9 heteroatoms. The van der Waals surface area contributed by atoms with Crippen LogP contribution in [0.1, 0.15) is 30.9 Å². The van der Waals surface area contributed by atoms with E-state index in [0.29, 0.717) is 25.1 Å². The molecular weight excluding hydrogens is 504 g/mol. The fourth-order valence-electron chi connectivity index (χ4n) is 3.83. The van der Waals surface area contributed by atoms with Crippen LogP contribution >= 0.6 is 27.5 Å². The molecule has 1 aliphatic rings. The predicted molar refractivity (Wildman–Crippen MR) is 126 cm³/mol. The topological polar surface area (TPSA) is 75.7 Å². The summed E-state index contributed by atoms with van der Waals surface area (Å²) in [6.45, 7) is 4.48. The summed E-state index contributed by atoms with van der Waals surface area (Å²) >= 11 is 9.62. The summed E-state index contributed by atoms with van der Waals surface area (Å²) in [4.78, 5) is 13.1. The highest BCUT2D eigenvalue weighted by molar-refractivity contribution is 9.10. The molecule has 0 aromatic heterocycles. The number of methoxy groups -OCH3 is 1. The molecule has 1 fully saturated rings. The van der Waals surface area contributed by atoms with Crippen molar-refractivity contribution < 1.29 is 17.9 Å². The van der Waals surface area contributed by atoms with Crippen LogP contribution in [0.5, 0.6) is 5.75 Å². The minimum Gasteiger partial charge on any atom is -0.495 e. The molecule has 0 aliphatic carbocycles. The molecule has 2 aromatic carbocycles. The quantitative estimate of drug-likeness (QED) is 0.570. The van der Waals surface area contributed by atoms with Gasteiger partial charge in [0.1, 0.15) is 5.75 Å². The lowest BCUT2D eigenvalue weighted by Gasteiger charge is -2.31. The Hall–Kier alpha value is -1.61. The number of hydrogen-bond donors (Lipinski definition) is 1. The Balaban J connectivity index is 1.79. The van der Waals surface area contributed by atoms with Gasteiger partial charge in [0.15, 0.2) is 0 Å². The number of hydrogen-bond acceptors (Lipinski definition) is 4. The Bertz CT molecular complexity index is 1090. The number of piperidine rings is 1. The van der Waals surface area contributed by atoms with Gasteiger partial charge in [0.05, 0.1) is 22.9 Å². The number of ether oxygens (including phenoxy) is 1. The maximum absolute atomic E-state index is 13.1. The lowest BCUT2D eigenvalue weighted by molar-refractivity contribution is -0.120. The predicted octanol–water partition coefficient (Wildman–Crippen LogP) is 5.02. The normalized spacial score (nSPS) is 17.4. The number of halogens is 2. The Kier molecular flexibility index (Phi) is 7.68. The number of carbonyl (C=O) groups is 1. The van der Waals surface area contributed by atoms with Gasteiger partial charge in [-0.3, -0.25) is 4.79 Å². The maximum Gasteiger partial charge on any atom is 0.243 e. The summed E-state index contributed by atoms with van der Waals surface area (Å²) in [5, 5.41) is 3.27. The van der Waals surface area contributed by atoms with Gasteiger partial charge in [-0.15, -0.1) is 0 Å². The van der Waals surface area contributed by atoms with Crippen LogP contribution in [0.3, 0.4) is 0 Å². The largest absolute Gasteiger partial charge is 0.495 e. The van der Waals surface area contributed by atoms with Gasteiger partial charge < -0.3 is 10.1 Å². The first-order valence-electron chi connectivity index (χ1n) is 10.1. The molecule has 1 saturated heterocycles. The molecular formula is C22H26BrClN2O4S. The summed E-state index contributed by atoms with van der Waals surface area (Å²) in [6.07, 6.45) is 2.03. The fraction of sp³-hybridized carbons (Fsp3) is 0.409. The highest BCUT2D eigenvalue weighted by Crippen LogP contribution is 2.31. The summed E-state index contributed by atoms with van der Waals surface area (Å²) in [5.41, 5.74) is 2.80. The van der Waals surface area contributed by atoms with Gasteiger partial charge in [-0.25, -0.2) is 8.42 Å². The molecule has 3 rings (SSSR count). The highest BCUT2D eigenvalue weighted by Gasteiger charge is 2.34. The number of rotatable bonds is 6. The van der Waals surface area contributed by atoms with Crippen molar-refractivity contribution in [2.75, 3.05) is 25.5 Å². The molecule has 31 heavy (non-hydrogen) atoms. The Morgan fingerprint density at radius 1 is 1.32 bits per heavy atom. The van der Waals surface area contributed by atoms with Crippen molar-refractivity contribution in [3.63, 3.8) is 0 Å². The lowest BCUT2D eigenvalue weighted by Crippen LogP contribution is -2.43. The van der Waals surface area contributed by atoms with Gasteiger partial charge in [0.2, 0.25) is 15.9 Å². The number of sulfonamides is 1. The van der Waals surface area contributed by atoms with Gasteiger partial charge in [-0.1, -0.05) is 34.5 Å². The molecule has 1 heterocycles. The van der Waals surface area contributed by atoms with Crippen LogP contribution in [0.2, 0.25) is 5.02 Å². The number of benzene rings is 2. The number of carbonyl (C=O) groups excluding carboxylic acids is 1. The zero-order valence-corrected chi connectivity index (χ0v) is 20.9. The Morgan fingerprint density at radius 2 is 2.06 bits per heavy atom. The van der Waals surface area contributed by atoms with Gasteiger partial charge >= 0.3 is 0 Å². The number of aryl methyl sites for hydroxylation is 2. The molecule has 0 spiro atoms. The summed E-state index contributed by atoms with van der Waals surface area (Å²) in [5.74, 6) is -0.175. The average Bonchev–Trinajstić information content (AvgIpc) is 2.75. The van der Waals surface area contributed by atoms with Crippen molar-refractivity contribution in [1.82, 2.24) is 4.31 Å². The van der Waals surface area contributed by atoms with Crippen molar-refractivity contribution in [2.45, 2.75) is 38.0 Å². The van der Waals surface area contributed by atoms with Crippen LogP contribution in [0.15, 0.2) is 39.7 Å². The lowest BCUT2D eigenvalue weighted by atomic mass is 9.98. The van der Waals surface area contributed by atoms with Crippen LogP contribution in [-0.4, -0.2) is 38.8 Å². The second-order valence-electron chi connectivity index (χ2n) is 7.60. The molecule has 0 bridgehead atoms. The van der Waals surface area contributed by atoms with Gasteiger partial charge in [0.25, 0.3) is 0 Å². The highest BCUT2D eigenvalue weighted by atomic mass is 79.9. The first-order valence-corrected chi connectivity index (χ1v) is 12.7. The van der Waals surface area contributed by atoms with Gasteiger partial charge in [-0.2, -0.15) is 4.31 Å². The molecule has 1 aliphatic heterocycles. The maximum atomic E-state index is 13.1. The summed E-state index contributed by atoms with van der Waals surface area (Å²) in [6, 6.07) is 8.35. The van der Waals surface area contributed by atoms with Crippen LogP contribution in [-0.2, 0) is 21.2 Å². The standard InChI is InChI=1S/C22H26BrClN2O4S/c1-4-15-11-17(23)10-14(2)21(15)25-22(27)16-6-5-9-26(13-16)31(28,29)18-7-8-20(30-3)19(24)12-18/h7-8,10-12,16H,4-6,9,13H2,1-3H3,(H,25,27)/t16-/m0/s1. The minimum atomic E-state index is -3.77. The molecule has 6 nitrogen and oxygen atoms in total. The molecule has 2 aromatic rings. The van der Waals surface area contributed by atoms with Gasteiger partial charge in [0, 0.05) is 23.2 Å². The van der Waals surface area contributed by atoms with E-state index in [9.17, 15) is 13.2 Å². The summed E-state index contributed by atoms with van der Waals surface area (Å²) in [7, 11) is -2.30. The number of amides is 1. The molecule has 1 N–H and O–H groups in total.